The molecule has 0 aliphatic carbocycles. The first-order valence-electron chi connectivity index (χ1n) is 7.95. The molecule has 126 valence electrons. The summed E-state index contributed by atoms with van der Waals surface area (Å²) in [5, 5.41) is 3.98. The minimum Gasteiger partial charge on any atom is -0.481 e. The number of aryl methyl sites for hydroxylation is 1. The number of ether oxygens (including phenoxy) is 1. The van der Waals surface area contributed by atoms with E-state index in [0.717, 1.165) is 24.2 Å². The third-order valence-electron chi connectivity index (χ3n) is 4.57. The Morgan fingerprint density at radius 3 is 2.92 bits per heavy atom. The molecular formula is C17H19N3O3S. The zero-order valence-corrected chi connectivity index (χ0v) is 14.2. The van der Waals surface area contributed by atoms with Crippen molar-refractivity contribution >= 4 is 16.1 Å². The first-order chi connectivity index (χ1) is 11.5. The van der Waals surface area contributed by atoms with Crippen LogP contribution in [0.5, 0.6) is 5.75 Å². The summed E-state index contributed by atoms with van der Waals surface area (Å²) in [6.45, 7) is 0.812. The van der Waals surface area contributed by atoms with Crippen molar-refractivity contribution in [3.05, 3.63) is 48.3 Å². The van der Waals surface area contributed by atoms with Crippen molar-refractivity contribution in [3.63, 3.8) is 0 Å². The fraction of sp³-hybridized carbons (Fsp3) is 0.353. The molecule has 0 amide bonds. The summed E-state index contributed by atoms with van der Waals surface area (Å²) in [5.41, 5.74) is 0.428. The molecule has 1 aromatic carbocycles. The maximum absolute atomic E-state index is 12.9. The largest absolute Gasteiger partial charge is 0.481 e. The van der Waals surface area contributed by atoms with Gasteiger partial charge in [0.2, 0.25) is 10.0 Å². The van der Waals surface area contributed by atoms with E-state index in [1.54, 1.807) is 7.05 Å². The summed E-state index contributed by atoms with van der Waals surface area (Å²) in [4.78, 5) is 0.224. The van der Waals surface area contributed by atoms with E-state index in [9.17, 15) is 8.42 Å². The predicted octanol–water partition coefficient (Wildman–Crippen LogP) is 2.05. The average Bonchev–Trinajstić information content (AvgIpc) is 3.02. The van der Waals surface area contributed by atoms with E-state index in [2.05, 4.69) is 5.10 Å². The number of sulfonamides is 1. The minimum absolute atomic E-state index is 0.224. The molecule has 0 N–H and O–H groups in total. The first kappa shape index (κ1) is 15.4. The number of hydrogen-bond acceptors (Lipinski definition) is 4. The van der Waals surface area contributed by atoms with Crippen molar-refractivity contribution in [2.75, 3.05) is 13.1 Å². The number of fused-ring (bicyclic) bond motifs is 1. The molecule has 4 rings (SSSR count). The van der Waals surface area contributed by atoms with Crippen molar-refractivity contribution in [2.45, 2.75) is 23.3 Å². The second kappa shape index (κ2) is 5.46. The Morgan fingerprint density at radius 1 is 1.29 bits per heavy atom. The van der Waals surface area contributed by atoms with Gasteiger partial charge in [-0.25, -0.2) is 8.42 Å². The van der Waals surface area contributed by atoms with Gasteiger partial charge in [-0.1, -0.05) is 24.3 Å². The molecule has 0 saturated carbocycles. The van der Waals surface area contributed by atoms with Gasteiger partial charge in [-0.05, 0) is 25.0 Å². The second-order valence-corrected chi connectivity index (χ2v) is 8.27. The van der Waals surface area contributed by atoms with Crippen LogP contribution in [0, 0.1) is 0 Å². The lowest BCUT2D eigenvalue weighted by molar-refractivity contribution is 0.0579. The first-order valence-corrected chi connectivity index (χ1v) is 9.39. The van der Waals surface area contributed by atoms with Gasteiger partial charge in [0.1, 0.15) is 16.2 Å². The molecule has 1 aromatic heterocycles. The normalized spacial score (nSPS) is 23.9. The van der Waals surface area contributed by atoms with E-state index < -0.39 is 15.6 Å². The standard InChI is InChI=1S/C17H19N3O3S/c1-19-12-15(11-18-19)24(21,22)20-10-4-8-17(13-20)9-7-14-5-2-3-6-16(14)23-17/h2-3,5-7,9,11-12H,4,8,10,13H2,1H3. The summed E-state index contributed by atoms with van der Waals surface area (Å²) in [7, 11) is -1.85. The Bertz CT molecular complexity index is 903. The molecule has 7 heteroatoms. The van der Waals surface area contributed by atoms with Crippen LogP contribution in [0.4, 0.5) is 0 Å². The van der Waals surface area contributed by atoms with E-state index in [1.165, 1.54) is 21.4 Å². The number of nitrogens with zero attached hydrogens (tertiary/aromatic N) is 3. The van der Waals surface area contributed by atoms with Gasteiger partial charge in [-0.3, -0.25) is 4.68 Å². The van der Waals surface area contributed by atoms with Crippen LogP contribution in [0.2, 0.25) is 0 Å². The summed E-state index contributed by atoms with van der Waals surface area (Å²) < 4.78 is 34.9. The van der Waals surface area contributed by atoms with Crippen molar-refractivity contribution < 1.29 is 13.2 Å². The van der Waals surface area contributed by atoms with E-state index in [4.69, 9.17) is 4.74 Å². The maximum Gasteiger partial charge on any atom is 0.246 e. The van der Waals surface area contributed by atoms with Crippen LogP contribution in [0.3, 0.4) is 0 Å². The monoisotopic (exact) mass is 345 g/mol. The van der Waals surface area contributed by atoms with Crippen molar-refractivity contribution in [2.24, 2.45) is 7.05 Å². The van der Waals surface area contributed by atoms with Crippen LogP contribution >= 0.6 is 0 Å². The van der Waals surface area contributed by atoms with Gasteiger partial charge in [-0.15, -0.1) is 0 Å². The molecular weight excluding hydrogens is 326 g/mol. The smallest absolute Gasteiger partial charge is 0.246 e. The zero-order valence-electron chi connectivity index (χ0n) is 13.4. The molecule has 1 spiro atoms. The Morgan fingerprint density at radius 2 is 2.12 bits per heavy atom. The highest BCUT2D eigenvalue weighted by Crippen LogP contribution is 2.37. The lowest BCUT2D eigenvalue weighted by Crippen LogP contribution is -2.53. The van der Waals surface area contributed by atoms with Gasteiger partial charge >= 0.3 is 0 Å². The fourth-order valence-electron chi connectivity index (χ4n) is 3.32. The lowest BCUT2D eigenvalue weighted by Gasteiger charge is -2.42. The Kier molecular flexibility index (Phi) is 3.51. The van der Waals surface area contributed by atoms with E-state index in [1.807, 2.05) is 36.4 Å². The van der Waals surface area contributed by atoms with Crippen molar-refractivity contribution in [1.29, 1.82) is 0 Å². The number of rotatable bonds is 2. The van der Waals surface area contributed by atoms with E-state index in [-0.39, 0.29) is 4.90 Å². The topological polar surface area (TPSA) is 64.4 Å². The highest BCUT2D eigenvalue weighted by atomic mass is 32.2. The lowest BCUT2D eigenvalue weighted by atomic mass is 9.90. The summed E-state index contributed by atoms with van der Waals surface area (Å²) >= 11 is 0. The molecule has 24 heavy (non-hydrogen) atoms. The summed E-state index contributed by atoms with van der Waals surface area (Å²) in [6, 6.07) is 7.81. The highest BCUT2D eigenvalue weighted by molar-refractivity contribution is 7.89. The van der Waals surface area contributed by atoms with Gasteiger partial charge in [0.05, 0.1) is 12.7 Å². The summed E-state index contributed by atoms with van der Waals surface area (Å²) in [6.07, 6.45) is 8.51. The molecule has 0 radical (unpaired) electrons. The second-order valence-electron chi connectivity index (χ2n) is 6.33. The van der Waals surface area contributed by atoms with Gasteiger partial charge < -0.3 is 4.74 Å². The number of piperidine rings is 1. The van der Waals surface area contributed by atoms with Gasteiger partial charge in [0.25, 0.3) is 0 Å². The number of hydrogen-bond donors (Lipinski definition) is 0. The van der Waals surface area contributed by atoms with Crippen molar-refractivity contribution in [1.82, 2.24) is 14.1 Å². The third kappa shape index (κ3) is 2.53. The number of benzene rings is 1. The van der Waals surface area contributed by atoms with Crippen LogP contribution in [0.25, 0.3) is 6.08 Å². The Labute approximate surface area is 141 Å². The fourth-order valence-corrected chi connectivity index (χ4v) is 4.84. The molecule has 6 nitrogen and oxygen atoms in total. The van der Waals surface area contributed by atoms with Crippen LogP contribution in [-0.4, -0.2) is 41.2 Å². The van der Waals surface area contributed by atoms with Gasteiger partial charge in [-0.2, -0.15) is 9.40 Å². The van der Waals surface area contributed by atoms with Crippen LogP contribution < -0.4 is 4.74 Å². The number of aromatic nitrogens is 2. The van der Waals surface area contributed by atoms with E-state index in [0.29, 0.717) is 13.1 Å². The molecule has 2 aromatic rings. The highest BCUT2D eigenvalue weighted by Gasteiger charge is 2.42. The zero-order chi connectivity index (χ0) is 16.8. The Hall–Kier alpha value is -2.12. The molecule has 1 fully saturated rings. The minimum atomic E-state index is -3.56. The quantitative estimate of drug-likeness (QED) is 0.836. The van der Waals surface area contributed by atoms with Crippen molar-refractivity contribution in [3.8, 4) is 5.75 Å². The van der Waals surface area contributed by atoms with E-state index >= 15 is 0 Å². The van der Waals surface area contributed by atoms with Crippen LogP contribution in [0.1, 0.15) is 18.4 Å². The average molecular weight is 345 g/mol. The third-order valence-corrected chi connectivity index (χ3v) is 6.37. The number of para-hydroxylation sites is 1. The van der Waals surface area contributed by atoms with Crippen LogP contribution in [0.15, 0.2) is 47.6 Å². The molecule has 3 heterocycles. The molecule has 2 aliphatic rings. The maximum atomic E-state index is 12.9. The molecule has 2 aliphatic heterocycles. The van der Waals surface area contributed by atoms with Gasteiger partial charge in [0, 0.05) is 25.4 Å². The molecule has 0 bridgehead atoms. The molecule has 1 atom stereocenters. The molecule has 1 unspecified atom stereocenters. The summed E-state index contributed by atoms with van der Waals surface area (Å²) in [5.74, 6) is 0.806. The van der Waals surface area contributed by atoms with Gasteiger partial charge in [0.15, 0.2) is 0 Å². The SMILES string of the molecule is Cn1cc(S(=O)(=O)N2CCCC3(C=Cc4ccccc4O3)C2)cn1. The predicted molar refractivity (Wildman–Crippen MR) is 90.0 cm³/mol. The van der Waals surface area contributed by atoms with Crippen LogP contribution in [-0.2, 0) is 17.1 Å². The Balaban J connectivity index is 1.63. The molecule has 1 saturated heterocycles.